The van der Waals surface area contributed by atoms with Crippen LogP contribution in [0.5, 0.6) is 0 Å². The summed E-state index contributed by atoms with van der Waals surface area (Å²) >= 11 is 0. The summed E-state index contributed by atoms with van der Waals surface area (Å²) in [5.41, 5.74) is 2.38. The molecule has 1 saturated carbocycles. The van der Waals surface area contributed by atoms with Crippen LogP contribution in [0.4, 0.5) is 17.6 Å². The van der Waals surface area contributed by atoms with Gasteiger partial charge in [0.05, 0.1) is 5.54 Å². The van der Waals surface area contributed by atoms with E-state index in [0.29, 0.717) is 34.2 Å². The summed E-state index contributed by atoms with van der Waals surface area (Å²) in [5, 5.41) is 8.18. The predicted octanol–water partition coefficient (Wildman–Crippen LogP) is 4.12. The molecule has 0 unspecified atom stereocenters. The number of alkyl halides is 3. The molecule has 36 heavy (non-hydrogen) atoms. The number of halogens is 4. The van der Waals surface area contributed by atoms with Crippen LogP contribution in [0.1, 0.15) is 24.0 Å². The van der Waals surface area contributed by atoms with Crippen LogP contribution >= 0.6 is 0 Å². The van der Waals surface area contributed by atoms with Crippen molar-refractivity contribution in [3.8, 4) is 22.9 Å². The zero-order valence-corrected chi connectivity index (χ0v) is 19.7. The van der Waals surface area contributed by atoms with E-state index < -0.39 is 28.5 Å². The normalized spacial score (nSPS) is 27.3. The third-order valence-electron chi connectivity index (χ3n) is 7.68. The molecule has 0 radical (unpaired) electrons. The molecule has 2 aromatic carbocycles. The van der Waals surface area contributed by atoms with E-state index in [1.807, 2.05) is 18.2 Å². The van der Waals surface area contributed by atoms with Crippen LogP contribution in [0.25, 0.3) is 22.9 Å². The van der Waals surface area contributed by atoms with Crippen LogP contribution in [0, 0.1) is 17.7 Å². The largest absolute Gasteiger partial charge is 0.416 e. The van der Waals surface area contributed by atoms with Gasteiger partial charge in [0.15, 0.2) is 0 Å². The lowest BCUT2D eigenvalue weighted by molar-refractivity contribution is -0.136. The van der Waals surface area contributed by atoms with Gasteiger partial charge in [-0.15, -0.1) is 10.2 Å². The number of nitrogens with one attached hydrogen (secondary N) is 1. The van der Waals surface area contributed by atoms with Gasteiger partial charge in [-0.05, 0) is 85.0 Å². The molecule has 1 N–H and O–H groups in total. The lowest BCUT2D eigenvalue weighted by Gasteiger charge is -2.33. The molecule has 0 amide bonds. The fourth-order valence-corrected chi connectivity index (χ4v) is 7.73. The molecular formula is C24H22F4N4O3S. The second kappa shape index (κ2) is 8.09. The molecule has 2 fully saturated rings. The Balaban J connectivity index is 1.29. The Morgan fingerprint density at radius 3 is 2.25 bits per heavy atom. The van der Waals surface area contributed by atoms with E-state index in [4.69, 9.17) is 4.42 Å². The summed E-state index contributed by atoms with van der Waals surface area (Å²) in [6.07, 6.45) is -2.04. The first-order valence-electron chi connectivity index (χ1n) is 11.6. The Morgan fingerprint density at radius 2 is 1.58 bits per heavy atom. The van der Waals surface area contributed by atoms with Crippen molar-refractivity contribution in [3.05, 3.63) is 59.4 Å². The highest BCUT2D eigenvalue weighted by Crippen LogP contribution is 2.50. The Hall–Kier alpha value is -2.83. The van der Waals surface area contributed by atoms with E-state index in [2.05, 4.69) is 14.9 Å². The summed E-state index contributed by atoms with van der Waals surface area (Å²) in [6.45, 7) is -1.68. The van der Waals surface area contributed by atoms with Crippen molar-refractivity contribution in [3.63, 3.8) is 0 Å². The van der Waals surface area contributed by atoms with Gasteiger partial charge in [0, 0.05) is 17.7 Å². The third-order valence-corrected chi connectivity index (χ3v) is 9.25. The molecule has 12 heteroatoms. The zero-order chi connectivity index (χ0) is 25.3. The molecule has 1 aliphatic heterocycles. The Labute approximate surface area is 204 Å². The topological polar surface area (TPSA) is 88.3 Å². The monoisotopic (exact) mass is 522 g/mol. The Kier molecular flexibility index (Phi) is 5.29. The molecule has 2 bridgehead atoms. The van der Waals surface area contributed by atoms with Crippen LogP contribution in [0.15, 0.2) is 46.9 Å². The number of aromatic nitrogens is 2. The predicted molar refractivity (Wildman–Crippen MR) is 121 cm³/mol. The maximum Gasteiger partial charge on any atom is 0.402 e. The third kappa shape index (κ3) is 4.00. The fraction of sp³-hybridized carbons (Fsp3) is 0.417. The highest BCUT2D eigenvalue weighted by Gasteiger charge is 2.60. The minimum absolute atomic E-state index is 0.101. The molecule has 7 nitrogen and oxygen atoms in total. The van der Waals surface area contributed by atoms with Crippen molar-refractivity contribution in [2.45, 2.75) is 37.4 Å². The number of nitrogens with zero attached hydrogens (tertiary/aromatic N) is 3. The van der Waals surface area contributed by atoms with Crippen molar-refractivity contribution >= 4 is 10.2 Å². The molecule has 2 aliphatic carbocycles. The SMILES string of the molecule is O=S1(=O)N[C@]2(CN1CC(F)(F)F)[C@@H]1CC[C@H]2Cc2cc(-c3nnc(-c4ccc(F)cc4)o3)ccc2C1. The van der Waals surface area contributed by atoms with Gasteiger partial charge < -0.3 is 4.42 Å². The van der Waals surface area contributed by atoms with E-state index >= 15 is 0 Å². The van der Waals surface area contributed by atoms with Crippen molar-refractivity contribution in [1.82, 2.24) is 19.2 Å². The van der Waals surface area contributed by atoms with Gasteiger partial charge in [-0.2, -0.15) is 30.6 Å². The van der Waals surface area contributed by atoms with Gasteiger partial charge in [0.1, 0.15) is 12.4 Å². The molecule has 2 heterocycles. The van der Waals surface area contributed by atoms with Crippen LogP contribution in [0.2, 0.25) is 0 Å². The van der Waals surface area contributed by atoms with E-state index in [9.17, 15) is 26.0 Å². The average molecular weight is 523 g/mol. The molecule has 3 aliphatic rings. The van der Waals surface area contributed by atoms with Gasteiger partial charge in [-0.3, -0.25) is 0 Å². The van der Waals surface area contributed by atoms with Gasteiger partial charge in [0.2, 0.25) is 11.8 Å². The highest BCUT2D eigenvalue weighted by atomic mass is 32.2. The van der Waals surface area contributed by atoms with Gasteiger partial charge in [-0.25, -0.2) is 4.39 Å². The number of hydrogen-bond acceptors (Lipinski definition) is 5. The minimum Gasteiger partial charge on any atom is -0.416 e. The lowest BCUT2D eigenvalue weighted by atomic mass is 9.79. The van der Waals surface area contributed by atoms with Crippen molar-refractivity contribution in [1.29, 1.82) is 0 Å². The van der Waals surface area contributed by atoms with Crippen molar-refractivity contribution in [2.24, 2.45) is 11.8 Å². The first-order valence-corrected chi connectivity index (χ1v) is 13.0. The summed E-state index contributed by atoms with van der Waals surface area (Å²) in [7, 11) is -4.23. The number of fused-ring (bicyclic) bond motifs is 1. The maximum atomic E-state index is 13.2. The molecule has 1 spiro atoms. The fourth-order valence-electron chi connectivity index (χ4n) is 6.03. The molecule has 6 rings (SSSR count). The minimum atomic E-state index is -4.61. The Bertz CT molecular complexity index is 1420. The van der Waals surface area contributed by atoms with Crippen molar-refractivity contribution in [2.75, 3.05) is 13.1 Å². The van der Waals surface area contributed by atoms with Gasteiger partial charge in [-0.1, -0.05) is 6.07 Å². The summed E-state index contributed by atoms with van der Waals surface area (Å²) in [4.78, 5) is 0. The molecule has 3 aromatic rings. The molecular weight excluding hydrogens is 500 g/mol. The molecule has 1 saturated heterocycles. The first-order chi connectivity index (χ1) is 17.0. The van der Waals surface area contributed by atoms with E-state index in [1.165, 1.54) is 12.1 Å². The highest BCUT2D eigenvalue weighted by molar-refractivity contribution is 7.87. The number of hydrogen-bond donors (Lipinski definition) is 1. The smallest absolute Gasteiger partial charge is 0.402 e. The average Bonchev–Trinajstić information content (AvgIpc) is 3.43. The quantitative estimate of drug-likeness (QED) is 0.523. The second-order valence-electron chi connectivity index (χ2n) is 9.81. The maximum absolute atomic E-state index is 13.2. The van der Waals surface area contributed by atoms with Crippen LogP contribution in [-0.2, 0) is 23.1 Å². The summed E-state index contributed by atoms with van der Waals surface area (Å²) in [6, 6.07) is 11.4. The summed E-state index contributed by atoms with van der Waals surface area (Å²) < 4.78 is 86.8. The van der Waals surface area contributed by atoms with Gasteiger partial charge >= 0.3 is 6.18 Å². The molecule has 1 aromatic heterocycles. The van der Waals surface area contributed by atoms with Crippen molar-refractivity contribution < 1.29 is 30.4 Å². The molecule has 190 valence electrons. The van der Waals surface area contributed by atoms with Crippen LogP contribution < -0.4 is 4.72 Å². The Morgan fingerprint density at radius 1 is 0.972 bits per heavy atom. The van der Waals surface area contributed by atoms with Crippen LogP contribution in [-0.4, -0.2) is 47.7 Å². The zero-order valence-electron chi connectivity index (χ0n) is 18.9. The van der Waals surface area contributed by atoms with E-state index in [0.717, 1.165) is 24.0 Å². The van der Waals surface area contributed by atoms with Crippen LogP contribution in [0.3, 0.4) is 0 Å². The standard InChI is InChI=1S/C24H22F4N4O3S/c25-20-7-3-14(4-8-20)21-29-30-22(35-21)16-2-1-15-10-18-5-6-19(11-17(15)9-16)23(18)12-32(13-24(26,27)28)36(33,34)31-23/h1-4,7-9,18-19,31H,5-6,10-13H2/t18-,19+,23-/m1/s1. The second-order valence-corrected chi connectivity index (χ2v) is 11.5. The van der Waals surface area contributed by atoms with E-state index in [-0.39, 0.29) is 30.1 Å². The van der Waals surface area contributed by atoms with Gasteiger partial charge in [0.25, 0.3) is 10.2 Å². The first kappa shape index (κ1) is 23.6. The number of rotatable bonds is 3. The molecule has 3 atom stereocenters. The summed E-state index contributed by atoms with van der Waals surface area (Å²) in [5.74, 6) is -0.0646. The lowest BCUT2D eigenvalue weighted by Crippen LogP contribution is -2.52. The van der Waals surface area contributed by atoms with E-state index in [1.54, 1.807) is 12.1 Å². The number of benzene rings is 2.